The van der Waals surface area contributed by atoms with Crippen molar-refractivity contribution in [3.05, 3.63) is 30.1 Å². The summed E-state index contributed by atoms with van der Waals surface area (Å²) in [5.41, 5.74) is -0.672. The molecule has 1 heterocycles. The van der Waals surface area contributed by atoms with Gasteiger partial charge < -0.3 is 24.4 Å². The van der Waals surface area contributed by atoms with E-state index in [2.05, 4.69) is 10.3 Å². The molecule has 0 bridgehead atoms. The van der Waals surface area contributed by atoms with E-state index in [1.165, 1.54) is 4.90 Å². The van der Waals surface area contributed by atoms with Crippen molar-refractivity contribution in [2.75, 3.05) is 20.2 Å². The first kappa shape index (κ1) is 25.2. The van der Waals surface area contributed by atoms with Crippen molar-refractivity contribution in [2.45, 2.75) is 65.2 Å². The molecule has 0 aliphatic rings. The van der Waals surface area contributed by atoms with E-state index in [-0.39, 0.29) is 6.61 Å². The van der Waals surface area contributed by atoms with Gasteiger partial charge in [0.2, 0.25) is 0 Å². The lowest BCUT2D eigenvalue weighted by Crippen LogP contribution is -2.49. The van der Waals surface area contributed by atoms with E-state index in [1.54, 1.807) is 54.8 Å². The number of rotatable bonds is 7. The summed E-state index contributed by atoms with van der Waals surface area (Å²) >= 11 is 0. The fourth-order valence-electron chi connectivity index (χ4n) is 2.18. The summed E-state index contributed by atoms with van der Waals surface area (Å²) in [6.45, 7) is 10.2. The Kier molecular flexibility index (Phi) is 9.07. The van der Waals surface area contributed by atoms with Gasteiger partial charge in [0.1, 0.15) is 17.8 Å². The van der Waals surface area contributed by atoms with Gasteiger partial charge in [-0.1, -0.05) is 6.07 Å². The molecule has 0 saturated carbocycles. The van der Waals surface area contributed by atoms with Gasteiger partial charge in [-0.15, -0.1) is 0 Å². The van der Waals surface area contributed by atoms with E-state index in [4.69, 9.17) is 14.2 Å². The molecule has 2 amide bonds. The molecule has 1 atom stereocenters. The highest BCUT2D eigenvalue weighted by atomic mass is 16.6. The zero-order valence-corrected chi connectivity index (χ0v) is 18.9. The van der Waals surface area contributed by atoms with Gasteiger partial charge in [-0.2, -0.15) is 0 Å². The van der Waals surface area contributed by atoms with E-state index in [0.717, 1.165) is 5.69 Å². The molecule has 1 aromatic heterocycles. The van der Waals surface area contributed by atoms with Crippen molar-refractivity contribution in [1.82, 2.24) is 15.2 Å². The maximum atomic E-state index is 12.4. The van der Waals surface area contributed by atoms with Gasteiger partial charge in [0.05, 0.1) is 0 Å². The number of hydrogen-bond acceptors (Lipinski definition) is 7. The molecule has 0 unspecified atom stereocenters. The minimum atomic E-state index is -1.20. The van der Waals surface area contributed by atoms with Crippen molar-refractivity contribution in [3.63, 3.8) is 0 Å². The van der Waals surface area contributed by atoms with Crippen molar-refractivity contribution < 1.29 is 28.6 Å². The molecule has 1 aromatic rings. The Hall–Kier alpha value is -2.84. The number of ether oxygens (including phenoxy) is 3. The number of nitrogens with zero attached hydrogens (tertiary/aromatic N) is 2. The molecule has 0 radical (unpaired) electrons. The molecule has 168 valence electrons. The first-order valence-corrected chi connectivity index (χ1v) is 9.77. The van der Waals surface area contributed by atoms with Crippen molar-refractivity contribution in [3.8, 4) is 0 Å². The van der Waals surface area contributed by atoms with Crippen LogP contribution in [0.25, 0.3) is 0 Å². The summed E-state index contributed by atoms with van der Waals surface area (Å²) in [7, 11) is 1.58. The number of carbonyl (C=O) groups excluding carboxylic acids is 3. The summed E-state index contributed by atoms with van der Waals surface area (Å²) in [5.74, 6) is -0.725. The summed E-state index contributed by atoms with van der Waals surface area (Å²) in [5, 5.41) is 2.41. The van der Waals surface area contributed by atoms with Gasteiger partial charge in [-0.3, -0.25) is 4.98 Å². The first-order chi connectivity index (χ1) is 13.8. The molecular weight excluding hydrogens is 390 g/mol. The highest BCUT2D eigenvalue weighted by Gasteiger charge is 2.30. The van der Waals surface area contributed by atoms with Crippen LogP contribution in [0.3, 0.4) is 0 Å². The fraction of sp³-hybridized carbons (Fsp3) is 0.619. The summed E-state index contributed by atoms with van der Waals surface area (Å²) in [6, 6.07) is 4.35. The number of likely N-dealkylation sites (N-methyl/N-ethyl adjacent to an activating group) is 1. The lowest BCUT2D eigenvalue weighted by molar-refractivity contribution is -0.158. The third-order valence-electron chi connectivity index (χ3n) is 3.50. The highest BCUT2D eigenvalue weighted by Crippen LogP contribution is 2.11. The number of pyridine rings is 1. The summed E-state index contributed by atoms with van der Waals surface area (Å²) in [4.78, 5) is 42.4. The van der Waals surface area contributed by atoms with Crippen LogP contribution in [0, 0.1) is 0 Å². The van der Waals surface area contributed by atoms with Crippen LogP contribution in [0.2, 0.25) is 0 Å². The Bertz CT molecular complexity index is 710. The predicted octanol–water partition coefficient (Wildman–Crippen LogP) is 2.93. The van der Waals surface area contributed by atoms with Crippen LogP contribution < -0.4 is 5.32 Å². The highest BCUT2D eigenvalue weighted by molar-refractivity contribution is 5.82. The van der Waals surface area contributed by atoms with E-state index in [0.29, 0.717) is 13.0 Å². The molecule has 0 fully saturated rings. The minimum Gasteiger partial charge on any atom is -0.458 e. The number of alkyl carbamates (subject to hydrolysis) is 1. The van der Waals surface area contributed by atoms with Crippen LogP contribution >= 0.6 is 0 Å². The van der Waals surface area contributed by atoms with Gasteiger partial charge in [-0.25, -0.2) is 14.4 Å². The van der Waals surface area contributed by atoms with Gasteiger partial charge in [0.15, 0.2) is 6.04 Å². The van der Waals surface area contributed by atoms with E-state index < -0.39 is 35.4 Å². The molecule has 9 heteroatoms. The van der Waals surface area contributed by atoms with E-state index in [9.17, 15) is 14.4 Å². The molecule has 0 aliphatic heterocycles. The molecule has 1 N–H and O–H groups in total. The monoisotopic (exact) mass is 423 g/mol. The maximum Gasteiger partial charge on any atom is 0.409 e. The molecule has 0 aliphatic carbocycles. The van der Waals surface area contributed by atoms with Crippen LogP contribution in [0.15, 0.2) is 24.4 Å². The van der Waals surface area contributed by atoms with Crippen molar-refractivity contribution in [1.29, 1.82) is 0 Å². The number of esters is 1. The number of amides is 2. The quantitative estimate of drug-likeness (QED) is 0.531. The second-order valence-electron chi connectivity index (χ2n) is 8.80. The minimum absolute atomic E-state index is 0.381. The van der Waals surface area contributed by atoms with E-state index in [1.807, 2.05) is 18.2 Å². The topological polar surface area (TPSA) is 107 Å². The zero-order chi connectivity index (χ0) is 22.9. The van der Waals surface area contributed by atoms with Crippen molar-refractivity contribution >= 4 is 18.2 Å². The van der Waals surface area contributed by atoms with Gasteiger partial charge >= 0.3 is 18.2 Å². The van der Waals surface area contributed by atoms with Crippen LogP contribution in [-0.2, 0) is 25.4 Å². The van der Waals surface area contributed by atoms with Gasteiger partial charge in [0, 0.05) is 31.9 Å². The van der Waals surface area contributed by atoms with Gasteiger partial charge in [0.25, 0.3) is 0 Å². The molecule has 0 aromatic carbocycles. The lowest BCUT2D eigenvalue weighted by atomic mass is 10.2. The number of carbonyl (C=O) groups is 3. The molecule has 30 heavy (non-hydrogen) atoms. The Labute approximate surface area is 178 Å². The Morgan fingerprint density at radius 3 is 2.23 bits per heavy atom. The SMILES string of the molecule is CN(CCc1ccccn1)C(=O)OC[C@H](NC(=O)OC(C)(C)C)C(=O)OC(C)(C)C. The predicted molar refractivity (Wildman–Crippen MR) is 111 cm³/mol. The Morgan fingerprint density at radius 2 is 1.70 bits per heavy atom. The smallest absolute Gasteiger partial charge is 0.409 e. The van der Waals surface area contributed by atoms with Crippen molar-refractivity contribution in [2.24, 2.45) is 0 Å². The Balaban J connectivity index is 2.66. The van der Waals surface area contributed by atoms with Crippen LogP contribution in [0.4, 0.5) is 9.59 Å². The molecule has 0 spiro atoms. The standard InChI is InChI=1S/C21H33N3O6/c1-20(2,3)29-17(25)16(23-18(26)30-21(4,5)6)14-28-19(27)24(7)13-11-15-10-8-9-12-22-15/h8-10,12,16H,11,13-14H2,1-7H3,(H,23,26)/t16-/m0/s1. The third-order valence-corrected chi connectivity index (χ3v) is 3.50. The second kappa shape index (κ2) is 10.8. The molecular formula is C21H33N3O6. The molecule has 0 saturated heterocycles. The number of hydrogen-bond donors (Lipinski definition) is 1. The second-order valence-corrected chi connectivity index (χ2v) is 8.80. The molecule has 1 rings (SSSR count). The number of nitrogens with one attached hydrogen (secondary N) is 1. The fourth-order valence-corrected chi connectivity index (χ4v) is 2.18. The van der Waals surface area contributed by atoms with Crippen LogP contribution in [0.1, 0.15) is 47.2 Å². The average Bonchev–Trinajstić information content (AvgIpc) is 2.60. The molecule has 9 nitrogen and oxygen atoms in total. The van der Waals surface area contributed by atoms with E-state index >= 15 is 0 Å². The lowest BCUT2D eigenvalue weighted by Gasteiger charge is -2.26. The summed E-state index contributed by atoms with van der Waals surface area (Å²) in [6.07, 6.45) is 0.794. The Morgan fingerprint density at radius 1 is 1.07 bits per heavy atom. The maximum absolute atomic E-state index is 12.4. The zero-order valence-electron chi connectivity index (χ0n) is 18.9. The largest absolute Gasteiger partial charge is 0.458 e. The summed E-state index contributed by atoms with van der Waals surface area (Å²) < 4.78 is 15.7. The normalized spacial score (nSPS) is 12.5. The van der Waals surface area contributed by atoms with Crippen LogP contribution in [-0.4, -0.2) is 65.5 Å². The number of aromatic nitrogens is 1. The van der Waals surface area contributed by atoms with Crippen LogP contribution in [0.5, 0.6) is 0 Å². The first-order valence-electron chi connectivity index (χ1n) is 9.77. The third kappa shape index (κ3) is 10.6. The average molecular weight is 424 g/mol. The van der Waals surface area contributed by atoms with Gasteiger partial charge in [-0.05, 0) is 53.7 Å².